The summed E-state index contributed by atoms with van der Waals surface area (Å²) in [5, 5.41) is 9.57. The molecule has 1 N–H and O–H groups in total. The number of carbonyl (C=O) groups excluding carboxylic acids is 1. The third-order valence-electron chi connectivity index (χ3n) is 10.1. The number of hydrogen-bond donors (Lipinski definition) is 1. The van der Waals surface area contributed by atoms with E-state index >= 15 is 0 Å². The van der Waals surface area contributed by atoms with Crippen LogP contribution in [0.15, 0.2) is 12.3 Å². The van der Waals surface area contributed by atoms with Crippen molar-refractivity contribution in [2.75, 3.05) is 26.2 Å². The molecule has 0 saturated heterocycles. The van der Waals surface area contributed by atoms with Crippen molar-refractivity contribution < 1.29 is 19.4 Å². The molecule has 0 aromatic carbocycles. The van der Waals surface area contributed by atoms with Crippen molar-refractivity contribution in [3.8, 4) is 0 Å². The van der Waals surface area contributed by atoms with Crippen molar-refractivity contribution in [2.24, 2.45) is 0 Å². The average molecular weight is 694 g/mol. The molecule has 1 unspecified atom stereocenters. The largest absolute Gasteiger partial charge is 0.496 e. The molecular weight excluding hydrogens is 606 g/mol. The highest BCUT2D eigenvalue weighted by atomic mass is 16.5. The molecule has 0 aromatic heterocycles. The molecule has 5 nitrogen and oxygen atoms in total. The molecule has 49 heavy (non-hydrogen) atoms. The number of nitrogens with zero attached hydrogens (tertiary/aromatic N) is 1. The first-order chi connectivity index (χ1) is 24.0. The van der Waals surface area contributed by atoms with Gasteiger partial charge >= 0.3 is 5.97 Å². The van der Waals surface area contributed by atoms with Gasteiger partial charge in [-0.1, -0.05) is 149 Å². The van der Waals surface area contributed by atoms with E-state index in [-0.39, 0.29) is 24.8 Å². The monoisotopic (exact) mass is 694 g/mol. The van der Waals surface area contributed by atoms with Gasteiger partial charge in [0.05, 0.1) is 18.5 Å². The zero-order chi connectivity index (χ0) is 36.0. The van der Waals surface area contributed by atoms with E-state index in [0.717, 1.165) is 63.9 Å². The van der Waals surface area contributed by atoms with Crippen LogP contribution in [0, 0.1) is 0 Å². The molecule has 0 rings (SSSR count). The lowest BCUT2D eigenvalue weighted by Crippen LogP contribution is -2.29. The highest BCUT2D eigenvalue weighted by Gasteiger charge is 2.14. The number of carbonyl (C=O) groups is 1. The van der Waals surface area contributed by atoms with Crippen molar-refractivity contribution in [2.45, 2.75) is 239 Å². The van der Waals surface area contributed by atoms with Crippen LogP contribution in [-0.2, 0) is 14.3 Å². The Kier molecular flexibility index (Phi) is 37.3. The van der Waals surface area contributed by atoms with E-state index in [4.69, 9.17) is 9.47 Å². The number of unbranched alkanes of at least 4 members (excludes halogenated alkanes) is 21. The van der Waals surface area contributed by atoms with Crippen molar-refractivity contribution in [3.63, 3.8) is 0 Å². The van der Waals surface area contributed by atoms with Gasteiger partial charge in [-0.25, -0.2) is 0 Å². The summed E-state index contributed by atoms with van der Waals surface area (Å²) in [6.45, 7) is 16.2. The van der Waals surface area contributed by atoms with E-state index in [2.05, 4.69) is 39.2 Å². The first-order valence-corrected chi connectivity index (χ1v) is 21.8. The summed E-state index contributed by atoms with van der Waals surface area (Å²) in [5.41, 5.74) is 0. The SMILES string of the molecule is C=C(CCCCCCC)OC(C)CCCCCCN(CCO)CCCCCCCC(=O)OC(CCCCCCCC)CCCCCCCC. The molecule has 0 radical (unpaired) electrons. The van der Waals surface area contributed by atoms with Gasteiger partial charge in [0.25, 0.3) is 0 Å². The summed E-state index contributed by atoms with van der Waals surface area (Å²) < 4.78 is 12.1. The van der Waals surface area contributed by atoms with Crippen molar-refractivity contribution in [3.05, 3.63) is 12.3 Å². The minimum Gasteiger partial charge on any atom is -0.496 e. The fraction of sp³-hybridized carbons (Fsp3) is 0.932. The van der Waals surface area contributed by atoms with Crippen molar-refractivity contribution in [1.82, 2.24) is 4.90 Å². The van der Waals surface area contributed by atoms with Gasteiger partial charge < -0.3 is 19.5 Å². The molecule has 0 spiro atoms. The Balaban J connectivity index is 4.03. The van der Waals surface area contributed by atoms with E-state index in [9.17, 15) is 9.90 Å². The van der Waals surface area contributed by atoms with Crippen LogP contribution in [0.2, 0.25) is 0 Å². The number of rotatable bonds is 40. The standard InChI is InChI=1S/C44H87NO4/c1-6-9-12-15-19-27-34-43(35-28-20-16-13-10-7-2)49-44(47)36-29-21-17-23-30-37-45(39-40-46)38-31-24-22-26-33-42(5)48-41(4)32-25-18-14-11-8-3/h42-43,46H,4,6-40H2,1-3,5H3. The Labute approximate surface area is 307 Å². The Bertz CT molecular complexity index is 682. The molecule has 0 aliphatic heterocycles. The van der Waals surface area contributed by atoms with Gasteiger partial charge in [0, 0.05) is 19.4 Å². The minimum atomic E-state index is 0.0247. The summed E-state index contributed by atoms with van der Waals surface area (Å²) in [5.74, 6) is 0.990. The Morgan fingerprint density at radius 1 is 0.531 bits per heavy atom. The summed E-state index contributed by atoms with van der Waals surface area (Å²) >= 11 is 0. The summed E-state index contributed by atoms with van der Waals surface area (Å²) in [6.07, 6.45) is 37.5. The zero-order valence-corrected chi connectivity index (χ0v) is 33.7. The normalized spacial score (nSPS) is 12.2. The summed E-state index contributed by atoms with van der Waals surface area (Å²) in [6, 6.07) is 0. The molecule has 0 amide bonds. The van der Waals surface area contributed by atoms with Crippen LogP contribution in [0.25, 0.3) is 0 Å². The first kappa shape index (κ1) is 47.9. The molecular formula is C44H87NO4. The van der Waals surface area contributed by atoms with Crippen LogP contribution in [0.3, 0.4) is 0 Å². The molecule has 0 aliphatic carbocycles. The van der Waals surface area contributed by atoms with E-state index in [0.29, 0.717) is 6.42 Å². The minimum absolute atomic E-state index is 0.0247. The third kappa shape index (κ3) is 35.1. The quantitative estimate of drug-likeness (QED) is 0.0393. The molecule has 5 heteroatoms. The Morgan fingerprint density at radius 3 is 1.43 bits per heavy atom. The number of ether oxygens (including phenoxy) is 2. The van der Waals surface area contributed by atoms with Crippen LogP contribution in [-0.4, -0.2) is 54.4 Å². The van der Waals surface area contributed by atoms with Crippen LogP contribution in [0.4, 0.5) is 0 Å². The molecule has 0 fully saturated rings. The molecule has 1 atom stereocenters. The smallest absolute Gasteiger partial charge is 0.306 e. The summed E-state index contributed by atoms with van der Waals surface area (Å²) in [4.78, 5) is 15.1. The highest BCUT2D eigenvalue weighted by Crippen LogP contribution is 2.19. The Hall–Kier alpha value is -1.07. The fourth-order valence-electron chi connectivity index (χ4n) is 6.87. The predicted molar refractivity (Wildman–Crippen MR) is 213 cm³/mol. The van der Waals surface area contributed by atoms with Crippen LogP contribution in [0.1, 0.15) is 227 Å². The average Bonchev–Trinajstić information content (AvgIpc) is 3.08. The number of hydrogen-bond acceptors (Lipinski definition) is 5. The van der Waals surface area contributed by atoms with E-state index < -0.39 is 0 Å². The van der Waals surface area contributed by atoms with E-state index in [1.807, 2.05) is 0 Å². The number of allylic oxidation sites excluding steroid dienone is 1. The number of aliphatic hydroxyl groups excluding tert-OH is 1. The van der Waals surface area contributed by atoms with Gasteiger partial charge in [0.15, 0.2) is 0 Å². The Morgan fingerprint density at radius 2 is 0.939 bits per heavy atom. The van der Waals surface area contributed by atoms with Crippen molar-refractivity contribution >= 4 is 5.97 Å². The molecule has 0 aliphatic rings. The fourth-order valence-corrected chi connectivity index (χ4v) is 6.87. The van der Waals surface area contributed by atoms with E-state index in [1.165, 1.54) is 154 Å². The van der Waals surface area contributed by atoms with Crippen LogP contribution in [0.5, 0.6) is 0 Å². The lowest BCUT2D eigenvalue weighted by atomic mass is 10.0. The molecule has 0 aromatic rings. The zero-order valence-electron chi connectivity index (χ0n) is 33.7. The highest BCUT2D eigenvalue weighted by molar-refractivity contribution is 5.69. The van der Waals surface area contributed by atoms with Gasteiger partial charge in [0.1, 0.15) is 6.10 Å². The number of esters is 1. The van der Waals surface area contributed by atoms with Gasteiger partial charge in [-0.3, -0.25) is 4.79 Å². The second-order valence-corrected chi connectivity index (χ2v) is 15.1. The molecule has 292 valence electrons. The topological polar surface area (TPSA) is 59.0 Å². The molecule has 0 heterocycles. The lowest BCUT2D eigenvalue weighted by molar-refractivity contribution is -0.150. The van der Waals surface area contributed by atoms with Crippen LogP contribution >= 0.6 is 0 Å². The maximum atomic E-state index is 12.7. The second-order valence-electron chi connectivity index (χ2n) is 15.1. The first-order valence-electron chi connectivity index (χ1n) is 21.8. The summed E-state index contributed by atoms with van der Waals surface area (Å²) in [7, 11) is 0. The molecule has 0 saturated carbocycles. The third-order valence-corrected chi connectivity index (χ3v) is 10.1. The predicted octanol–water partition coefficient (Wildman–Crippen LogP) is 13.3. The maximum Gasteiger partial charge on any atom is 0.306 e. The second kappa shape index (κ2) is 38.2. The van der Waals surface area contributed by atoms with Crippen molar-refractivity contribution in [1.29, 1.82) is 0 Å². The van der Waals surface area contributed by atoms with Gasteiger partial charge in [0.2, 0.25) is 0 Å². The molecule has 0 bridgehead atoms. The van der Waals surface area contributed by atoms with Gasteiger partial charge in [-0.2, -0.15) is 0 Å². The van der Waals surface area contributed by atoms with E-state index in [1.54, 1.807) is 0 Å². The maximum absolute atomic E-state index is 12.7. The van der Waals surface area contributed by atoms with Gasteiger partial charge in [-0.05, 0) is 84.2 Å². The van der Waals surface area contributed by atoms with Crippen LogP contribution < -0.4 is 0 Å². The van der Waals surface area contributed by atoms with Gasteiger partial charge in [-0.15, -0.1) is 0 Å². The number of aliphatic hydroxyl groups is 1. The lowest BCUT2D eigenvalue weighted by Gasteiger charge is -2.21.